The molecule has 0 radical (unpaired) electrons. The van der Waals surface area contributed by atoms with E-state index in [0.717, 1.165) is 22.3 Å². The average Bonchev–Trinajstić information content (AvgIpc) is 2.77. The fourth-order valence-corrected chi connectivity index (χ4v) is 4.78. The summed E-state index contributed by atoms with van der Waals surface area (Å²) in [6.07, 6.45) is 5.72. The van der Waals surface area contributed by atoms with Gasteiger partial charge in [-0.15, -0.1) is 0 Å². The van der Waals surface area contributed by atoms with Crippen molar-refractivity contribution in [1.29, 1.82) is 0 Å². The minimum absolute atomic E-state index is 0.218. The number of hydrogen-bond donors (Lipinski definition) is 0. The van der Waals surface area contributed by atoms with E-state index in [1.165, 1.54) is 33.0 Å². The van der Waals surface area contributed by atoms with Gasteiger partial charge in [0.05, 0.1) is 16.7 Å². The fourth-order valence-electron chi connectivity index (χ4n) is 4.78. The molecule has 3 nitrogen and oxygen atoms in total. The van der Waals surface area contributed by atoms with Gasteiger partial charge in [0, 0.05) is 40.5 Å². The van der Waals surface area contributed by atoms with E-state index < -0.39 is 0 Å². The second kappa shape index (κ2) is 5.71. The highest BCUT2D eigenvalue weighted by Gasteiger charge is 2.36. The van der Waals surface area contributed by atoms with Gasteiger partial charge in [0.25, 0.3) is 0 Å². The third-order valence-electron chi connectivity index (χ3n) is 6.15. The molecular weight excluding hydrogens is 354 g/mol. The van der Waals surface area contributed by atoms with Crippen LogP contribution in [0.25, 0.3) is 44.2 Å². The van der Waals surface area contributed by atoms with Crippen LogP contribution in [0.5, 0.6) is 0 Å². The molecule has 6 rings (SSSR count). The van der Waals surface area contributed by atoms with Gasteiger partial charge in [-0.2, -0.15) is 0 Å². The van der Waals surface area contributed by atoms with E-state index in [-0.39, 0.29) is 5.41 Å². The lowest BCUT2D eigenvalue weighted by atomic mass is 9.69. The van der Waals surface area contributed by atoms with E-state index in [2.05, 4.69) is 67.4 Å². The number of aromatic nitrogens is 3. The van der Waals surface area contributed by atoms with Crippen molar-refractivity contribution in [3.05, 3.63) is 90.4 Å². The Morgan fingerprint density at radius 3 is 2.48 bits per heavy atom. The Kier molecular flexibility index (Phi) is 3.22. The summed E-state index contributed by atoms with van der Waals surface area (Å²) >= 11 is 0. The molecule has 3 heterocycles. The van der Waals surface area contributed by atoms with Gasteiger partial charge in [-0.1, -0.05) is 44.2 Å². The molecule has 0 atom stereocenters. The number of hydrogen-bond acceptors (Lipinski definition) is 3. The minimum atomic E-state index is -0.218. The van der Waals surface area contributed by atoms with E-state index in [0.29, 0.717) is 0 Å². The zero-order valence-electron chi connectivity index (χ0n) is 16.3. The lowest BCUT2D eigenvalue weighted by Crippen LogP contribution is -2.25. The van der Waals surface area contributed by atoms with Gasteiger partial charge < -0.3 is 0 Å². The van der Waals surface area contributed by atoms with Crippen molar-refractivity contribution >= 4 is 21.8 Å². The Hall–Kier alpha value is -3.59. The molecule has 0 unspecified atom stereocenters. The normalized spacial score (nSPS) is 14.1. The molecule has 0 bridgehead atoms. The quantitative estimate of drug-likeness (QED) is 0.354. The Bertz CT molecular complexity index is 1420. The summed E-state index contributed by atoms with van der Waals surface area (Å²) in [5.74, 6) is 0. The van der Waals surface area contributed by atoms with Gasteiger partial charge >= 0.3 is 0 Å². The highest BCUT2D eigenvalue weighted by Crippen LogP contribution is 2.50. The van der Waals surface area contributed by atoms with Crippen LogP contribution in [0.15, 0.2) is 79.3 Å². The highest BCUT2D eigenvalue weighted by atomic mass is 14.8. The molecule has 5 aromatic rings. The molecule has 3 aromatic heterocycles. The van der Waals surface area contributed by atoms with Crippen molar-refractivity contribution in [1.82, 2.24) is 15.0 Å². The van der Waals surface area contributed by atoms with Crippen molar-refractivity contribution < 1.29 is 0 Å². The Morgan fingerprint density at radius 1 is 0.759 bits per heavy atom. The Morgan fingerprint density at radius 2 is 1.62 bits per heavy atom. The molecule has 2 aromatic carbocycles. The van der Waals surface area contributed by atoms with Crippen LogP contribution in [-0.2, 0) is 5.41 Å². The van der Waals surface area contributed by atoms with Crippen LogP contribution in [-0.4, -0.2) is 15.0 Å². The van der Waals surface area contributed by atoms with Gasteiger partial charge in [0.2, 0.25) is 0 Å². The van der Waals surface area contributed by atoms with E-state index in [1.54, 1.807) is 0 Å². The number of benzene rings is 2. The first-order chi connectivity index (χ1) is 14.1. The second-order valence-electron chi connectivity index (χ2n) is 8.19. The van der Waals surface area contributed by atoms with Crippen LogP contribution < -0.4 is 0 Å². The molecular formula is C26H19N3. The fraction of sp³-hybridized carbons (Fsp3) is 0.115. The molecule has 0 spiro atoms. The third kappa shape index (κ3) is 2.21. The number of nitrogens with zero attached hydrogens (tertiary/aromatic N) is 3. The van der Waals surface area contributed by atoms with Crippen LogP contribution in [0, 0.1) is 0 Å². The molecule has 0 saturated carbocycles. The van der Waals surface area contributed by atoms with Crippen LogP contribution in [0.2, 0.25) is 0 Å². The predicted octanol–water partition coefficient (Wildman–Crippen LogP) is 6.15. The van der Waals surface area contributed by atoms with Crippen LogP contribution >= 0.6 is 0 Å². The Balaban J connectivity index is 1.77. The zero-order chi connectivity index (χ0) is 19.6. The molecule has 138 valence electrons. The first-order valence-corrected chi connectivity index (χ1v) is 9.88. The lowest BCUT2D eigenvalue weighted by molar-refractivity contribution is 0.648. The van der Waals surface area contributed by atoms with E-state index in [1.807, 2.05) is 30.7 Å². The summed E-state index contributed by atoms with van der Waals surface area (Å²) in [6.45, 7) is 4.58. The molecule has 0 N–H and O–H groups in total. The SMILES string of the molecule is CC1(C)c2c(cnc3cccnc23)-c2nccc3cc(-c4ccccc4)cc1c23. The third-order valence-corrected chi connectivity index (χ3v) is 6.15. The molecule has 0 amide bonds. The first-order valence-electron chi connectivity index (χ1n) is 9.88. The van der Waals surface area contributed by atoms with Crippen molar-refractivity contribution in [2.75, 3.05) is 0 Å². The van der Waals surface area contributed by atoms with E-state index in [4.69, 9.17) is 9.97 Å². The maximum atomic E-state index is 4.79. The lowest BCUT2D eigenvalue weighted by Gasteiger charge is -2.35. The van der Waals surface area contributed by atoms with Gasteiger partial charge in [-0.3, -0.25) is 15.0 Å². The van der Waals surface area contributed by atoms with E-state index in [9.17, 15) is 0 Å². The monoisotopic (exact) mass is 373 g/mol. The maximum Gasteiger partial charge on any atom is 0.0934 e. The average molecular weight is 373 g/mol. The topological polar surface area (TPSA) is 38.7 Å². The summed E-state index contributed by atoms with van der Waals surface area (Å²) in [5.41, 5.74) is 8.72. The maximum absolute atomic E-state index is 4.79. The van der Waals surface area contributed by atoms with Crippen LogP contribution in [0.3, 0.4) is 0 Å². The number of fused-ring (bicyclic) bond motifs is 4. The molecule has 0 aliphatic heterocycles. The number of pyridine rings is 3. The molecule has 1 aliphatic carbocycles. The molecule has 1 aliphatic rings. The standard InChI is InChI=1S/C26H19N3/c1-26(2)20-14-18(16-7-4-3-5-8-16)13-17-10-12-28-24(22(17)20)19-15-29-21-9-6-11-27-25(21)23(19)26/h3-15H,1-2H3. The van der Waals surface area contributed by atoms with Crippen molar-refractivity contribution in [3.63, 3.8) is 0 Å². The largest absolute Gasteiger partial charge is 0.256 e. The summed E-state index contributed by atoms with van der Waals surface area (Å²) < 4.78 is 0. The minimum Gasteiger partial charge on any atom is -0.256 e. The summed E-state index contributed by atoms with van der Waals surface area (Å²) in [7, 11) is 0. The van der Waals surface area contributed by atoms with Crippen molar-refractivity contribution in [2.45, 2.75) is 19.3 Å². The van der Waals surface area contributed by atoms with Crippen molar-refractivity contribution in [3.8, 4) is 22.4 Å². The zero-order valence-corrected chi connectivity index (χ0v) is 16.3. The molecule has 0 fully saturated rings. The summed E-state index contributed by atoms with van der Waals surface area (Å²) in [5, 5.41) is 2.44. The summed E-state index contributed by atoms with van der Waals surface area (Å²) in [4.78, 5) is 14.2. The van der Waals surface area contributed by atoms with Gasteiger partial charge in [0.15, 0.2) is 0 Å². The number of rotatable bonds is 1. The Labute approximate surface area is 169 Å². The van der Waals surface area contributed by atoms with Gasteiger partial charge in [-0.25, -0.2) is 0 Å². The molecule has 29 heavy (non-hydrogen) atoms. The van der Waals surface area contributed by atoms with Gasteiger partial charge in [-0.05, 0) is 52.4 Å². The van der Waals surface area contributed by atoms with Crippen LogP contribution in [0.4, 0.5) is 0 Å². The highest BCUT2D eigenvalue weighted by molar-refractivity contribution is 6.05. The first kappa shape index (κ1) is 16.4. The smallest absolute Gasteiger partial charge is 0.0934 e. The predicted molar refractivity (Wildman–Crippen MR) is 118 cm³/mol. The molecule has 0 saturated heterocycles. The second-order valence-corrected chi connectivity index (χ2v) is 8.19. The van der Waals surface area contributed by atoms with Crippen LogP contribution in [0.1, 0.15) is 25.0 Å². The molecule has 3 heteroatoms. The van der Waals surface area contributed by atoms with Gasteiger partial charge in [0.1, 0.15) is 0 Å². The van der Waals surface area contributed by atoms with E-state index >= 15 is 0 Å². The van der Waals surface area contributed by atoms with Crippen molar-refractivity contribution in [2.24, 2.45) is 0 Å². The summed E-state index contributed by atoms with van der Waals surface area (Å²) in [6, 6.07) is 21.3.